The van der Waals surface area contributed by atoms with E-state index in [4.69, 9.17) is 0 Å². The van der Waals surface area contributed by atoms with Crippen molar-refractivity contribution in [2.75, 3.05) is 0 Å². The summed E-state index contributed by atoms with van der Waals surface area (Å²) in [6.07, 6.45) is 8.52. The van der Waals surface area contributed by atoms with E-state index in [0.29, 0.717) is 11.5 Å². The van der Waals surface area contributed by atoms with Crippen molar-refractivity contribution in [3.8, 4) is 17.2 Å². The molecule has 3 heteroatoms. The molecule has 3 N–H and O–H groups in total. The Morgan fingerprint density at radius 1 is 0.488 bits per heavy atom. The molecule has 4 aromatic carbocycles. The van der Waals surface area contributed by atoms with Gasteiger partial charge in [-0.1, -0.05) is 63.1 Å². The number of hydrogen-bond acceptors (Lipinski definition) is 3. The number of unbranched alkanes of at least 4 members (excludes halogenated alkanes) is 2. The van der Waals surface area contributed by atoms with Crippen molar-refractivity contribution in [2.24, 2.45) is 0 Å². The van der Waals surface area contributed by atoms with Crippen molar-refractivity contribution in [1.29, 1.82) is 0 Å². The van der Waals surface area contributed by atoms with Gasteiger partial charge in [0.25, 0.3) is 0 Å². The standard InChI is InChI=1S/C38H46O3/c1-6-8-10-31-20-29(14-18-37(31)40)23-35-25(3)34(22-28-12-16-33(39)17-13-28)26(4)36(27(35)5)24-30-15-19-38(41)32(21-30)11-9-7-2/h12-21,39-41H,6-11,22-24H2,1-5H3. The molecule has 0 radical (unpaired) electrons. The monoisotopic (exact) mass is 550 g/mol. The lowest BCUT2D eigenvalue weighted by Crippen LogP contribution is -2.10. The van der Waals surface area contributed by atoms with E-state index in [9.17, 15) is 15.3 Å². The zero-order valence-corrected chi connectivity index (χ0v) is 25.5. The van der Waals surface area contributed by atoms with Gasteiger partial charge in [-0.3, -0.25) is 0 Å². The van der Waals surface area contributed by atoms with Gasteiger partial charge in [-0.05, 0) is 151 Å². The number of rotatable bonds is 12. The Balaban J connectivity index is 1.80. The van der Waals surface area contributed by atoms with Gasteiger partial charge in [-0.15, -0.1) is 0 Å². The van der Waals surface area contributed by atoms with E-state index in [1.54, 1.807) is 12.1 Å². The predicted octanol–water partition coefficient (Wildman–Crippen LogP) is 9.19. The van der Waals surface area contributed by atoms with Crippen LogP contribution in [0.4, 0.5) is 0 Å². The number of hydrogen-bond donors (Lipinski definition) is 3. The molecule has 0 heterocycles. The highest BCUT2D eigenvalue weighted by Crippen LogP contribution is 2.34. The predicted molar refractivity (Wildman–Crippen MR) is 171 cm³/mol. The molecule has 0 bridgehead atoms. The van der Waals surface area contributed by atoms with Crippen molar-refractivity contribution in [1.82, 2.24) is 0 Å². The van der Waals surface area contributed by atoms with Gasteiger partial charge in [0.05, 0.1) is 0 Å². The van der Waals surface area contributed by atoms with Crippen LogP contribution in [0.1, 0.15) is 101 Å². The van der Waals surface area contributed by atoms with Gasteiger partial charge in [-0.2, -0.15) is 0 Å². The van der Waals surface area contributed by atoms with Gasteiger partial charge >= 0.3 is 0 Å². The van der Waals surface area contributed by atoms with E-state index >= 15 is 0 Å². The summed E-state index contributed by atoms with van der Waals surface area (Å²) >= 11 is 0. The minimum Gasteiger partial charge on any atom is -0.508 e. The first-order valence-electron chi connectivity index (χ1n) is 15.2. The zero-order chi connectivity index (χ0) is 29.5. The van der Waals surface area contributed by atoms with Crippen LogP contribution in [-0.4, -0.2) is 15.3 Å². The summed E-state index contributed by atoms with van der Waals surface area (Å²) in [5, 5.41) is 30.8. The second-order valence-corrected chi connectivity index (χ2v) is 11.6. The van der Waals surface area contributed by atoms with Crippen LogP contribution < -0.4 is 0 Å². The van der Waals surface area contributed by atoms with Gasteiger partial charge < -0.3 is 15.3 Å². The molecule has 0 aliphatic carbocycles. The Morgan fingerprint density at radius 3 is 1.24 bits per heavy atom. The highest BCUT2D eigenvalue weighted by atomic mass is 16.3. The Bertz CT molecular complexity index is 1390. The molecule has 216 valence electrons. The minimum atomic E-state index is 0.282. The molecule has 0 aromatic heterocycles. The minimum absolute atomic E-state index is 0.282. The molecular weight excluding hydrogens is 504 g/mol. The molecule has 0 aliphatic rings. The van der Waals surface area contributed by atoms with Crippen LogP contribution in [0.2, 0.25) is 0 Å². The summed E-state index contributed by atoms with van der Waals surface area (Å²) in [5.74, 6) is 1.06. The Labute approximate surface area is 246 Å². The van der Waals surface area contributed by atoms with Crippen LogP contribution in [0.25, 0.3) is 0 Å². The lowest BCUT2D eigenvalue weighted by molar-refractivity contribution is 0.466. The Kier molecular flexibility index (Phi) is 10.2. The second-order valence-electron chi connectivity index (χ2n) is 11.6. The lowest BCUT2D eigenvalue weighted by Gasteiger charge is -2.23. The Hall–Kier alpha value is -3.72. The molecule has 0 saturated heterocycles. The van der Waals surface area contributed by atoms with Crippen molar-refractivity contribution >= 4 is 0 Å². The fourth-order valence-corrected chi connectivity index (χ4v) is 6.04. The smallest absolute Gasteiger partial charge is 0.118 e. The number of phenolic OH excluding ortho intramolecular Hbond substituents is 3. The highest BCUT2D eigenvalue weighted by Gasteiger charge is 2.19. The third kappa shape index (κ3) is 7.33. The molecule has 0 aliphatic heterocycles. The van der Waals surface area contributed by atoms with Gasteiger partial charge in [0.1, 0.15) is 17.2 Å². The van der Waals surface area contributed by atoms with Crippen LogP contribution >= 0.6 is 0 Å². The molecule has 41 heavy (non-hydrogen) atoms. The van der Waals surface area contributed by atoms with Gasteiger partial charge in [0.2, 0.25) is 0 Å². The fraction of sp³-hybridized carbons (Fsp3) is 0.368. The van der Waals surface area contributed by atoms with Gasteiger partial charge in [-0.25, -0.2) is 0 Å². The number of benzene rings is 4. The van der Waals surface area contributed by atoms with Crippen molar-refractivity contribution in [3.05, 3.63) is 122 Å². The SMILES string of the molecule is CCCCc1cc(Cc2c(C)c(Cc3ccc(O)cc3)c(C)c(Cc3ccc(O)c(CCCC)c3)c2C)ccc1O. The summed E-state index contributed by atoms with van der Waals surface area (Å²) in [7, 11) is 0. The molecule has 4 aromatic rings. The van der Waals surface area contributed by atoms with E-state index in [1.807, 2.05) is 24.3 Å². The molecule has 4 rings (SSSR count). The normalized spacial score (nSPS) is 11.2. The van der Waals surface area contributed by atoms with Gasteiger partial charge in [0.15, 0.2) is 0 Å². The zero-order valence-electron chi connectivity index (χ0n) is 25.5. The molecule has 0 amide bonds. The van der Waals surface area contributed by atoms with E-state index in [2.05, 4.69) is 58.9 Å². The molecule has 0 spiro atoms. The average molecular weight is 551 g/mol. The maximum atomic E-state index is 10.5. The summed E-state index contributed by atoms with van der Waals surface area (Å²) in [6.45, 7) is 11.1. The number of phenols is 3. The lowest BCUT2D eigenvalue weighted by atomic mass is 9.81. The summed E-state index contributed by atoms with van der Waals surface area (Å²) in [5.41, 5.74) is 13.6. The maximum Gasteiger partial charge on any atom is 0.118 e. The van der Waals surface area contributed by atoms with Crippen LogP contribution in [0.5, 0.6) is 17.2 Å². The van der Waals surface area contributed by atoms with Crippen LogP contribution in [-0.2, 0) is 32.1 Å². The number of aryl methyl sites for hydroxylation is 2. The summed E-state index contributed by atoms with van der Waals surface area (Å²) in [4.78, 5) is 0. The molecule has 0 fully saturated rings. The molecule has 0 unspecified atom stereocenters. The van der Waals surface area contributed by atoms with Crippen molar-refractivity contribution < 1.29 is 15.3 Å². The second kappa shape index (κ2) is 13.8. The molecule has 0 atom stereocenters. The van der Waals surface area contributed by atoms with Crippen molar-refractivity contribution in [2.45, 2.75) is 92.4 Å². The van der Waals surface area contributed by atoms with Crippen LogP contribution in [0.15, 0.2) is 60.7 Å². The van der Waals surface area contributed by atoms with Crippen LogP contribution in [0, 0.1) is 20.8 Å². The van der Waals surface area contributed by atoms with Crippen molar-refractivity contribution in [3.63, 3.8) is 0 Å². The average Bonchev–Trinajstić information content (AvgIpc) is 2.97. The first-order chi connectivity index (χ1) is 19.7. The highest BCUT2D eigenvalue weighted by molar-refractivity contribution is 5.55. The first kappa shape index (κ1) is 30.2. The van der Waals surface area contributed by atoms with Crippen LogP contribution in [0.3, 0.4) is 0 Å². The van der Waals surface area contributed by atoms with Gasteiger partial charge in [0, 0.05) is 0 Å². The van der Waals surface area contributed by atoms with E-state index < -0.39 is 0 Å². The molecule has 3 nitrogen and oxygen atoms in total. The third-order valence-electron chi connectivity index (χ3n) is 8.68. The number of aromatic hydroxyl groups is 3. The molecule has 0 saturated carbocycles. The third-order valence-corrected chi connectivity index (χ3v) is 8.68. The first-order valence-corrected chi connectivity index (χ1v) is 15.2. The maximum absolute atomic E-state index is 10.5. The quantitative estimate of drug-likeness (QED) is 0.165. The largest absolute Gasteiger partial charge is 0.508 e. The molecular formula is C38H46O3. The van der Waals surface area contributed by atoms with E-state index in [0.717, 1.165) is 68.9 Å². The topological polar surface area (TPSA) is 60.7 Å². The van der Waals surface area contributed by atoms with E-state index in [1.165, 1.54) is 50.1 Å². The summed E-state index contributed by atoms with van der Waals surface area (Å²) in [6, 6.07) is 19.7. The fourth-order valence-electron chi connectivity index (χ4n) is 6.04. The van der Waals surface area contributed by atoms with E-state index in [-0.39, 0.29) is 5.75 Å². The summed E-state index contributed by atoms with van der Waals surface area (Å²) < 4.78 is 0. The Morgan fingerprint density at radius 2 is 0.854 bits per heavy atom.